The molecule has 0 unspecified atom stereocenters. The van der Waals surface area contributed by atoms with Gasteiger partial charge in [0.25, 0.3) is 5.91 Å². The van der Waals surface area contributed by atoms with E-state index in [1.54, 1.807) is 0 Å². The van der Waals surface area contributed by atoms with Crippen molar-refractivity contribution in [1.82, 2.24) is 9.88 Å². The Morgan fingerprint density at radius 1 is 1.50 bits per heavy atom. The normalized spacial score (nSPS) is 18.1. The highest BCUT2D eigenvalue weighted by Gasteiger charge is 2.26. The lowest BCUT2D eigenvalue weighted by Gasteiger charge is -2.33. The van der Waals surface area contributed by atoms with Crippen LogP contribution >= 0.6 is 0 Å². The third-order valence-corrected chi connectivity index (χ3v) is 3.42. The molecule has 0 N–H and O–H groups in total. The summed E-state index contributed by atoms with van der Waals surface area (Å²) in [6, 6.07) is 0. The monoisotopic (exact) mass is 222 g/mol. The summed E-state index contributed by atoms with van der Waals surface area (Å²) in [5.41, 5.74) is 0.419. The maximum atomic E-state index is 11.9. The van der Waals surface area contributed by atoms with Crippen LogP contribution in [0, 0.1) is 11.8 Å². The van der Waals surface area contributed by atoms with Crippen molar-refractivity contribution >= 4 is 5.91 Å². The third kappa shape index (κ3) is 2.26. The van der Waals surface area contributed by atoms with Gasteiger partial charge in [0.2, 0.25) is 0 Å². The Hall–Kier alpha value is -1.32. The standard InChI is InChI=1S/C12H18N2O2/c1-9(2)10-3-5-14(6-4-10)12(15)11-7-16-8-13-11/h7-10H,3-6H2,1-2H3. The lowest BCUT2D eigenvalue weighted by molar-refractivity contribution is 0.0662. The van der Waals surface area contributed by atoms with E-state index in [-0.39, 0.29) is 5.91 Å². The largest absolute Gasteiger partial charge is 0.451 e. The van der Waals surface area contributed by atoms with Crippen LogP contribution in [0.25, 0.3) is 0 Å². The van der Waals surface area contributed by atoms with Crippen LogP contribution in [0.1, 0.15) is 37.2 Å². The van der Waals surface area contributed by atoms with E-state index in [1.165, 1.54) is 12.7 Å². The van der Waals surface area contributed by atoms with E-state index in [2.05, 4.69) is 18.8 Å². The van der Waals surface area contributed by atoms with Gasteiger partial charge >= 0.3 is 0 Å². The van der Waals surface area contributed by atoms with Crippen molar-refractivity contribution in [2.75, 3.05) is 13.1 Å². The predicted molar refractivity (Wildman–Crippen MR) is 60.0 cm³/mol. The molecule has 2 rings (SSSR count). The summed E-state index contributed by atoms with van der Waals surface area (Å²) in [6.07, 6.45) is 4.91. The van der Waals surface area contributed by atoms with E-state index in [0.717, 1.165) is 31.8 Å². The molecular weight excluding hydrogens is 204 g/mol. The number of nitrogens with zero attached hydrogens (tertiary/aromatic N) is 2. The fourth-order valence-corrected chi connectivity index (χ4v) is 2.25. The fourth-order valence-electron chi connectivity index (χ4n) is 2.25. The molecule has 0 saturated carbocycles. The van der Waals surface area contributed by atoms with Crippen molar-refractivity contribution in [3.05, 3.63) is 18.4 Å². The summed E-state index contributed by atoms with van der Waals surface area (Å²) < 4.78 is 4.83. The second kappa shape index (κ2) is 4.68. The zero-order chi connectivity index (χ0) is 11.5. The second-order valence-corrected chi connectivity index (χ2v) is 4.75. The third-order valence-electron chi connectivity index (χ3n) is 3.42. The Labute approximate surface area is 95.6 Å². The van der Waals surface area contributed by atoms with Crippen LogP contribution in [-0.4, -0.2) is 28.9 Å². The molecule has 88 valence electrons. The highest BCUT2D eigenvalue weighted by Crippen LogP contribution is 2.24. The molecule has 0 atom stereocenters. The topological polar surface area (TPSA) is 46.3 Å². The van der Waals surface area contributed by atoms with Gasteiger partial charge in [-0.15, -0.1) is 0 Å². The number of rotatable bonds is 2. The minimum Gasteiger partial charge on any atom is -0.451 e. The summed E-state index contributed by atoms with van der Waals surface area (Å²) in [4.78, 5) is 17.7. The minimum absolute atomic E-state index is 0.00374. The lowest BCUT2D eigenvalue weighted by Crippen LogP contribution is -2.39. The van der Waals surface area contributed by atoms with Gasteiger partial charge in [0.15, 0.2) is 12.1 Å². The Kier molecular flexibility index (Phi) is 3.27. The molecule has 16 heavy (non-hydrogen) atoms. The molecule has 1 aromatic rings. The van der Waals surface area contributed by atoms with Crippen molar-refractivity contribution in [1.29, 1.82) is 0 Å². The van der Waals surface area contributed by atoms with E-state index in [4.69, 9.17) is 4.42 Å². The van der Waals surface area contributed by atoms with E-state index in [0.29, 0.717) is 11.6 Å². The fraction of sp³-hybridized carbons (Fsp3) is 0.667. The smallest absolute Gasteiger partial charge is 0.275 e. The quantitative estimate of drug-likeness (QED) is 0.770. The first-order valence-corrected chi connectivity index (χ1v) is 5.86. The Balaban J connectivity index is 1.92. The highest BCUT2D eigenvalue weighted by atomic mass is 16.3. The average molecular weight is 222 g/mol. The van der Waals surface area contributed by atoms with Crippen molar-refractivity contribution in [3.63, 3.8) is 0 Å². The molecule has 0 radical (unpaired) electrons. The summed E-state index contributed by atoms with van der Waals surface area (Å²) in [5.74, 6) is 1.46. The average Bonchev–Trinajstić information content (AvgIpc) is 2.81. The zero-order valence-corrected chi connectivity index (χ0v) is 9.85. The van der Waals surface area contributed by atoms with E-state index in [1.807, 2.05) is 4.90 Å². The van der Waals surface area contributed by atoms with E-state index >= 15 is 0 Å². The van der Waals surface area contributed by atoms with Gasteiger partial charge in [0.1, 0.15) is 6.26 Å². The highest BCUT2D eigenvalue weighted by molar-refractivity contribution is 5.91. The molecule has 0 bridgehead atoms. The van der Waals surface area contributed by atoms with Crippen LogP contribution in [0.4, 0.5) is 0 Å². The Bertz CT molecular complexity index is 338. The van der Waals surface area contributed by atoms with Gasteiger partial charge in [-0.05, 0) is 24.7 Å². The Morgan fingerprint density at radius 3 is 2.69 bits per heavy atom. The van der Waals surface area contributed by atoms with Gasteiger partial charge in [0.05, 0.1) is 0 Å². The number of aromatic nitrogens is 1. The van der Waals surface area contributed by atoms with Gasteiger partial charge < -0.3 is 9.32 Å². The van der Waals surface area contributed by atoms with Crippen LogP contribution in [0.2, 0.25) is 0 Å². The molecule has 2 heterocycles. The van der Waals surface area contributed by atoms with Crippen LogP contribution in [0.5, 0.6) is 0 Å². The number of oxazole rings is 1. The second-order valence-electron chi connectivity index (χ2n) is 4.75. The molecule has 4 nitrogen and oxygen atoms in total. The molecule has 1 aromatic heterocycles. The maximum absolute atomic E-state index is 11.9. The number of amides is 1. The Morgan fingerprint density at radius 2 is 2.19 bits per heavy atom. The molecule has 1 fully saturated rings. The lowest BCUT2D eigenvalue weighted by atomic mass is 9.87. The molecule has 0 aliphatic carbocycles. The molecule has 1 amide bonds. The molecule has 0 spiro atoms. The number of carbonyl (C=O) groups excluding carboxylic acids is 1. The van der Waals surface area contributed by atoms with Gasteiger partial charge in [-0.1, -0.05) is 13.8 Å². The summed E-state index contributed by atoms with van der Waals surface area (Å²) in [7, 11) is 0. The predicted octanol–water partition coefficient (Wildman–Crippen LogP) is 2.18. The number of carbonyl (C=O) groups is 1. The molecule has 4 heteroatoms. The first kappa shape index (κ1) is 11.2. The van der Waals surface area contributed by atoms with Gasteiger partial charge in [0, 0.05) is 13.1 Å². The van der Waals surface area contributed by atoms with Crippen LogP contribution < -0.4 is 0 Å². The van der Waals surface area contributed by atoms with E-state index < -0.39 is 0 Å². The van der Waals surface area contributed by atoms with Crippen molar-refractivity contribution in [3.8, 4) is 0 Å². The minimum atomic E-state index is -0.00374. The first-order chi connectivity index (χ1) is 7.68. The van der Waals surface area contributed by atoms with Crippen LogP contribution in [0.15, 0.2) is 17.1 Å². The zero-order valence-electron chi connectivity index (χ0n) is 9.85. The number of hydrogen-bond donors (Lipinski definition) is 0. The van der Waals surface area contributed by atoms with Gasteiger partial charge in [-0.25, -0.2) is 4.98 Å². The summed E-state index contributed by atoms with van der Waals surface area (Å²) >= 11 is 0. The van der Waals surface area contributed by atoms with Crippen molar-refractivity contribution in [2.24, 2.45) is 11.8 Å². The van der Waals surface area contributed by atoms with E-state index in [9.17, 15) is 4.79 Å². The number of piperidine rings is 1. The summed E-state index contributed by atoms with van der Waals surface area (Å²) in [6.45, 7) is 6.18. The van der Waals surface area contributed by atoms with Crippen molar-refractivity contribution < 1.29 is 9.21 Å². The number of likely N-dealkylation sites (tertiary alicyclic amines) is 1. The van der Waals surface area contributed by atoms with Crippen LogP contribution in [0.3, 0.4) is 0 Å². The molecule has 1 aliphatic rings. The summed E-state index contributed by atoms with van der Waals surface area (Å²) in [5, 5.41) is 0. The molecular formula is C12H18N2O2. The molecule has 1 aliphatic heterocycles. The van der Waals surface area contributed by atoms with Crippen LogP contribution in [-0.2, 0) is 0 Å². The SMILES string of the molecule is CC(C)C1CCN(C(=O)c2cocn2)CC1. The maximum Gasteiger partial charge on any atom is 0.275 e. The van der Waals surface area contributed by atoms with Crippen molar-refractivity contribution in [2.45, 2.75) is 26.7 Å². The van der Waals surface area contributed by atoms with Gasteiger partial charge in [-0.3, -0.25) is 4.79 Å². The molecule has 0 aromatic carbocycles. The molecule has 1 saturated heterocycles. The van der Waals surface area contributed by atoms with Gasteiger partial charge in [-0.2, -0.15) is 0 Å². The first-order valence-electron chi connectivity index (χ1n) is 5.86. The number of hydrogen-bond acceptors (Lipinski definition) is 3.